The second-order valence-corrected chi connectivity index (χ2v) is 17.4. The molecule has 0 aliphatic rings. The number of benzene rings is 2. The number of unbranched alkanes of at least 4 members (excludes halogenated alkanes) is 20. The van der Waals surface area contributed by atoms with E-state index < -0.39 is 11.9 Å². The van der Waals surface area contributed by atoms with Gasteiger partial charge < -0.3 is 38.7 Å². The van der Waals surface area contributed by atoms with E-state index in [9.17, 15) is 29.4 Å². The molecule has 0 N–H and O–H groups in total. The van der Waals surface area contributed by atoms with Gasteiger partial charge in [-0.2, -0.15) is 0 Å². The average Bonchev–Trinajstić information content (AvgIpc) is 3.27. The second kappa shape index (κ2) is 46.9. The SMILES string of the molecule is CC(=O)OCCCCCCCCCC(CCCCCCCC(=O)[O-])OCc1ccccc1.CC(=O)OCCCCCCCCCC(CCCCCCCC(=O)[O-])OCc1ccccc1.[Ba+2]. The molecule has 2 unspecified atom stereocenters. The van der Waals surface area contributed by atoms with Crippen LogP contribution in [0, 0.1) is 0 Å². The zero-order valence-electron chi connectivity index (χ0n) is 40.8. The predicted octanol–water partition coefficient (Wildman–Crippen LogP) is 11.1. The largest absolute Gasteiger partial charge is 2.00 e. The number of hydrogen-bond donors (Lipinski definition) is 0. The minimum absolute atomic E-state index is 0. The molecule has 2 atom stereocenters. The predicted molar refractivity (Wildman–Crippen MR) is 258 cm³/mol. The molecule has 0 aliphatic heterocycles. The van der Waals surface area contributed by atoms with E-state index in [0.29, 0.717) is 38.6 Å². The molecule has 0 bridgehead atoms. The van der Waals surface area contributed by atoms with Gasteiger partial charge in [-0.05, 0) is 75.3 Å². The van der Waals surface area contributed by atoms with Gasteiger partial charge >= 0.3 is 60.8 Å². The Morgan fingerprint density at radius 2 is 0.662 bits per heavy atom. The van der Waals surface area contributed by atoms with E-state index in [1.807, 2.05) is 36.4 Å². The zero-order chi connectivity index (χ0) is 46.6. The van der Waals surface area contributed by atoms with Crippen molar-refractivity contribution in [1.82, 2.24) is 0 Å². The number of ether oxygens (including phenoxy) is 4. The third-order valence-electron chi connectivity index (χ3n) is 11.4. The quantitative estimate of drug-likeness (QED) is 0.0357. The Bertz CT molecular complexity index is 1290. The molecule has 364 valence electrons. The Labute approximate surface area is 434 Å². The maximum absolute atomic E-state index is 10.7. The fourth-order valence-electron chi connectivity index (χ4n) is 7.69. The monoisotopic (exact) mass is 1030 g/mol. The van der Waals surface area contributed by atoms with Crippen LogP contribution in [0.1, 0.15) is 218 Å². The number of carbonyl (C=O) groups excluding carboxylic acids is 4. The van der Waals surface area contributed by atoms with E-state index in [1.165, 1.54) is 89.2 Å². The molecule has 0 saturated carbocycles. The van der Waals surface area contributed by atoms with Crippen molar-refractivity contribution in [3.05, 3.63) is 71.8 Å². The van der Waals surface area contributed by atoms with E-state index in [-0.39, 0.29) is 73.7 Å². The minimum Gasteiger partial charge on any atom is -0.550 e. The van der Waals surface area contributed by atoms with Crippen LogP contribution >= 0.6 is 0 Å². The first-order valence-corrected chi connectivity index (χ1v) is 25.1. The van der Waals surface area contributed by atoms with Crippen LogP contribution in [0.5, 0.6) is 0 Å². The maximum atomic E-state index is 10.7. The molecule has 10 nitrogen and oxygen atoms in total. The van der Waals surface area contributed by atoms with Crippen molar-refractivity contribution >= 4 is 72.8 Å². The van der Waals surface area contributed by atoms with Crippen LogP contribution < -0.4 is 10.2 Å². The molecule has 2 aromatic rings. The fraction of sp³-hybridized carbons (Fsp3) is 0.704. The third kappa shape index (κ3) is 45.4. The molecule has 0 saturated heterocycles. The van der Waals surface area contributed by atoms with Crippen LogP contribution in [0.2, 0.25) is 0 Å². The van der Waals surface area contributed by atoms with Crippen molar-refractivity contribution in [2.45, 2.75) is 232 Å². The van der Waals surface area contributed by atoms with Crippen molar-refractivity contribution < 1.29 is 48.3 Å². The van der Waals surface area contributed by atoms with Gasteiger partial charge in [0.1, 0.15) is 0 Å². The topological polar surface area (TPSA) is 151 Å². The number of carbonyl (C=O) groups is 4. The van der Waals surface area contributed by atoms with Gasteiger partial charge in [0.15, 0.2) is 0 Å². The van der Waals surface area contributed by atoms with Crippen molar-refractivity contribution in [2.75, 3.05) is 13.2 Å². The van der Waals surface area contributed by atoms with E-state index >= 15 is 0 Å². The summed E-state index contributed by atoms with van der Waals surface area (Å²) in [6, 6.07) is 20.7. The number of aliphatic carboxylic acids is 2. The van der Waals surface area contributed by atoms with Crippen molar-refractivity contribution in [2.24, 2.45) is 0 Å². The van der Waals surface area contributed by atoms with Crippen LogP contribution in [0.25, 0.3) is 0 Å². The second-order valence-electron chi connectivity index (χ2n) is 17.4. The number of hydrogen-bond acceptors (Lipinski definition) is 10. The molecular formula is C54H86BaO10. The van der Waals surface area contributed by atoms with Crippen LogP contribution in [0.3, 0.4) is 0 Å². The molecular weight excluding hydrogens is 946 g/mol. The first-order valence-electron chi connectivity index (χ1n) is 25.1. The first kappa shape index (κ1) is 62.8. The summed E-state index contributed by atoms with van der Waals surface area (Å²) >= 11 is 0. The van der Waals surface area contributed by atoms with Crippen molar-refractivity contribution in [3.63, 3.8) is 0 Å². The number of rotatable bonds is 42. The van der Waals surface area contributed by atoms with E-state index in [0.717, 1.165) is 116 Å². The number of carboxylic acid groups (broad SMARTS) is 2. The zero-order valence-corrected chi connectivity index (χ0v) is 45.2. The fourth-order valence-corrected chi connectivity index (χ4v) is 7.69. The van der Waals surface area contributed by atoms with Gasteiger partial charge in [0.25, 0.3) is 0 Å². The molecule has 11 heteroatoms. The van der Waals surface area contributed by atoms with Gasteiger partial charge in [0.2, 0.25) is 0 Å². The van der Waals surface area contributed by atoms with Crippen LogP contribution in [0.15, 0.2) is 60.7 Å². The molecule has 2 rings (SSSR count). The van der Waals surface area contributed by atoms with Gasteiger partial charge in [0.05, 0.1) is 38.6 Å². The smallest absolute Gasteiger partial charge is 0.550 e. The normalized spacial score (nSPS) is 11.7. The van der Waals surface area contributed by atoms with Gasteiger partial charge in [-0.25, -0.2) is 0 Å². The first-order chi connectivity index (χ1) is 31.2. The van der Waals surface area contributed by atoms with Crippen LogP contribution in [0.4, 0.5) is 0 Å². The Kier molecular flexibility index (Phi) is 45.3. The van der Waals surface area contributed by atoms with Crippen molar-refractivity contribution in [3.8, 4) is 0 Å². The Morgan fingerprint density at radius 1 is 0.400 bits per heavy atom. The van der Waals surface area contributed by atoms with Crippen molar-refractivity contribution in [1.29, 1.82) is 0 Å². The van der Waals surface area contributed by atoms with Gasteiger partial charge in [-0.1, -0.05) is 189 Å². The summed E-state index contributed by atoms with van der Waals surface area (Å²) in [6.07, 6.45) is 31.7. The third-order valence-corrected chi connectivity index (χ3v) is 11.4. The number of esters is 2. The van der Waals surface area contributed by atoms with E-state index in [4.69, 9.17) is 18.9 Å². The van der Waals surface area contributed by atoms with Gasteiger partial charge in [0, 0.05) is 25.8 Å². The molecule has 0 heterocycles. The molecule has 2 aromatic carbocycles. The molecule has 0 fully saturated rings. The van der Waals surface area contributed by atoms with Gasteiger partial charge in [-0.3, -0.25) is 9.59 Å². The Hall–Kier alpha value is -2.19. The summed E-state index contributed by atoms with van der Waals surface area (Å²) in [4.78, 5) is 42.4. The molecule has 0 aliphatic carbocycles. The minimum atomic E-state index is -0.943. The van der Waals surface area contributed by atoms with E-state index in [1.54, 1.807) is 0 Å². The molecule has 0 aromatic heterocycles. The molecule has 0 amide bonds. The average molecular weight is 1030 g/mol. The summed E-state index contributed by atoms with van der Waals surface area (Å²) in [6.45, 7) is 5.34. The summed E-state index contributed by atoms with van der Waals surface area (Å²) < 4.78 is 22.4. The number of carboxylic acids is 2. The van der Waals surface area contributed by atoms with Gasteiger partial charge in [-0.15, -0.1) is 0 Å². The van der Waals surface area contributed by atoms with Crippen LogP contribution in [-0.2, 0) is 51.3 Å². The standard InChI is InChI=1S/2C27H44O5.Ba/c2*1-24(28)31-22-16-9-4-2-3-6-13-19-26(32-23-25-17-11-10-12-18-25)20-14-7-5-8-15-21-27(29)30;/h2*10-12,17-18,26H,2-9,13-16,19-23H2,1H3,(H,29,30);/q;;+2/p-2. The van der Waals surface area contributed by atoms with Crippen LogP contribution in [-0.4, -0.2) is 98.2 Å². The summed E-state index contributed by atoms with van der Waals surface area (Å²) in [5.74, 6) is -2.27. The summed E-state index contributed by atoms with van der Waals surface area (Å²) in [5.41, 5.74) is 2.43. The summed E-state index contributed by atoms with van der Waals surface area (Å²) in [5, 5.41) is 20.9. The summed E-state index contributed by atoms with van der Waals surface area (Å²) in [7, 11) is 0. The molecule has 0 radical (unpaired) electrons. The molecule has 0 spiro atoms. The molecule has 65 heavy (non-hydrogen) atoms. The van der Waals surface area contributed by atoms with E-state index in [2.05, 4.69) is 24.3 Å². The maximum Gasteiger partial charge on any atom is 2.00 e. The Balaban J connectivity index is 0.00000124. The Morgan fingerprint density at radius 3 is 0.938 bits per heavy atom.